The summed E-state index contributed by atoms with van der Waals surface area (Å²) in [6.45, 7) is 0. The third kappa shape index (κ3) is 4.15. The first-order valence-electron chi connectivity index (χ1n) is 4.55. The van der Waals surface area contributed by atoms with Crippen LogP contribution in [0.25, 0.3) is 0 Å². The molecular weight excluding hydrogens is 244 g/mol. The molecule has 4 N–H and O–H groups in total. The number of urea groups is 1. The van der Waals surface area contributed by atoms with Crippen LogP contribution in [-0.4, -0.2) is 28.8 Å². The molecule has 3 amide bonds. The van der Waals surface area contributed by atoms with E-state index >= 15 is 0 Å². The standard InChI is InChI=1S/C10H10N2O4S/c11-10(16)12-8(13)5-17-7-4-2-1-3-6(7)9(14)15/h1-4H,5H2,(H,14,15)(H3,11,12,13,16). The number of carboxylic acids is 1. The molecule has 0 unspecified atom stereocenters. The Kier molecular flexibility index (Phi) is 4.53. The van der Waals surface area contributed by atoms with E-state index in [1.54, 1.807) is 18.2 Å². The zero-order valence-corrected chi connectivity index (χ0v) is 9.49. The third-order valence-electron chi connectivity index (χ3n) is 1.74. The second kappa shape index (κ2) is 5.90. The molecule has 0 aliphatic heterocycles. The first-order valence-corrected chi connectivity index (χ1v) is 5.53. The van der Waals surface area contributed by atoms with Crippen LogP contribution in [0.15, 0.2) is 29.2 Å². The molecule has 1 aromatic rings. The van der Waals surface area contributed by atoms with Gasteiger partial charge in [-0.1, -0.05) is 12.1 Å². The van der Waals surface area contributed by atoms with Crippen LogP contribution in [0.1, 0.15) is 10.4 Å². The molecular formula is C10H10N2O4S. The number of carbonyl (C=O) groups excluding carboxylic acids is 2. The fourth-order valence-corrected chi connectivity index (χ4v) is 1.93. The normalized spacial score (nSPS) is 9.65. The van der Waals surface area contributed by atoms with Gasteiger partial charge in [0.25, 0.3) is 0 Å². The molecule has 0 heterocycles. The number of amides is 3. The van der Waals surface area contributed by atoms with Crippen LogP contribution in [0.4, 0.5) is 4.79 Å². The number of hydrogen-bond donors (Lipinski definition) is 3. The van der Waals surface area contributed by atoms with Crippen LogP contribution in [0.2, 0.25) is 0 Å². The first kappa shape index (κ1) is 13.0. The van der Waals surface area contributed by atoms with E-state index in [9.17, 15) is 14.4 Å². The highest BCUT2D eigenvalue weighted by Crippen LogP contribution is 2.22. The molecule has 0 radical (unpaired) electrons. The van der Waals surface area contributed by atoms with E-state index in [1.807, 2.05) is 5.32 Å². The number of carbonyl (C=O) groups is 3. The van der Waals surface area contributed by atoms with Crippen molar-refractivity contribution in [3.8, 4) is 0 Å². The Morgan fingerprint density at radius 3 is 2.53 bits per heavy atom. The van der Waals surface area contributed by atoms with Crippen molar-refractivity contribution in [3.05, 3.63) is 29.8 Å². The van der Waals surface area contributed by atoms with Crippen LogP contribution >= 0.6 is 11.8 Å². The maximum atomic E-state index is 11.1. The van der Waals surface area contributed by atoms with E-state index in [2.05, 4.69) is 0 Å². The van der Waals surface area contributed by atoms with E-state index in [0.717, 1.165) is 11.8 Å². The minimum atomic E-state index is -1.07. The summed E-state index contributed by atoms with van der Waals surface area (Å²) in [5.41, 5.74) is 4.88. The molecule has 90 valence electrons. The number of nitrogens with one attached hydrogen (secondary N) is 1. The molecule has 6 nitrogen and oxygen atoms in total. The highest BCUT2D eigenvalue weighted by atomic mass is 32.2. The van der Waals surface area contributed by atoms with E-state index < -0.39 is 17.9 Å². The van der Waals surface area contributed by atoms with Gasteiger partial charge in [-0.05, 0) is 12.1 Å². The minimum Gasteiger partial charge on any atom is -0.478 e. The van der Waals surface area contributed by atoms with Gasteiger partial charge in [0.2, 0.25) is 5.91 Å². The molecule has 0 bridgehead atoms. The Balaban J connectivity index is 2.66. The van der Waals surface area contributed by atoms with Gasteiger partial charge in [-0.25, -0.2) is 9.59 Å². The summed E-state index contributed by atoms with van der Waals surface area (Å²) >= 11 is 1.02. The third-order valence-corrected chi connectivity index (χ3v) is 2.81. The molecule has 1 rings (SSSR count). The van der Waals surface area contributed by atoms with E-state index in [-0.39, 0.29) is 11.3 Å². The van der Waals surface area contributed by atoms with Crippen molar-refractivity contribution < 1.29 is 19.5 Å². The molecule has 0 atom stereocenters. The van der Waals surface area contributed by atoms with Gasteiger partial charge in [0, 0.05) is 4.90 Å². The molecule has 1 aromatic carbocycles. The first-order chi connectivity index (χ1) is 8.00. The minimum absolute atomic E-state index is 0.0762. The second-order valence-electron chi connectivity index (χ2n) is 3.00. The van der Waals surface area contributed by atoms with Crippen molar-refractivity contribution in [2.24, 2.45) is 5.73 Å². The second-order valence-corrected chi connectivity index (χ2v) is 4.02. The van der Waals surface area contributed by atoms with E-state index in [0.29, 0.717) is 4.90 Å². The SMILES string of the molecule is NC(=O)NC(=O)CSc1ccccc1C(=O)O. The number of primary amides is 1. The van der Waals surface area contributed by atoms with Crippen LogP contribution in [0.3, 0.4) is 0 Å². The lowest BCUT2D eigenvalue weighted by Gasteiger charge is -2.04. The Labute approximate surface area is 101 Å². The number of thioether (sulfide) groups is 1. The highest BCUT2D eigenvalue weighted by Gasteiger charge is 2.11. The van der Waals surface area contributed by atoms with Crippen LogP contribution in [0.5, 0.6) is 0 Å². The van der Waals surface area contributed by atoms with Gasteiger partial charge in [0.1, 0.15) is 0 Å². The quantitative estimate of drug-likeness (QED) is 0.684. The largest absolute Gasteiger partial charge is 0.478 e. The summed E-state index contributed by atoms with van der Waals surface area (Å²) < 4.78 is 0. The van der Waals surface area contributed by atoms with Crippen LogP contribution in [0, 0.1) is 0 Å². The molecule has 17 heavy (non-hydrogen) atoms. The number of imide groups is 1. The molecule has 0 aromatic heterocycles. The highest BCUT2D eigenvalue weighted by molar-refractivity contribution is 8.00. The van der Waals surface area contributed by atoms with Gasteiger partial charge in [0.15, 0.2) is 0 Å². The number of rotatable bonds is 4. The van der Waals surface area contributed by atoms with Crippen LogP contribution in [-0.2, 0) is 4.79 Å². The molecule has 0 aliphatic rings. The number of benzene rings is 1. The zero-order valence-electron chi connectivity index (χ0n) is 8.67. The fourth-order valence-electron chi connectivity index (χ4n) is 1.09. The molecule has 0 fully saturated rings. The summed E-state index contributed by atoms with van der Waals surface area (Å²) in [5, 5.41) is 10.8. The summed E-state index contributed by atoms with van der Waals surface area (Å²) in [5.74, 6) is -1.71. The van der Waals surface area contributed by atoms with Crippen molar-refractivity contribution in [2.75, 3.05) is 5.75 Å². The summed E-state index contributed by atoms with van der Waals surface area (Å²) in [7, 11) is 0. The number of nitrogens with two attached hydrogens (primary N) is 1. The monoisotopic (exact) mass is 254 g/mol. The van der Waals surface area contributed by atoms with E-state index in [4.69, 9.17) is 10.8 Å². The molecule has 0 saturated carbocycles. The number of hydrogen-bond acceptors (Lipinski definition) is 4. The number of aromatic carboxylic acids is 1. The van der Waals surface area contributed by atoms with E-state index in [1.165, 1.54) is 6.07 Å². The summed E-state index contributed by atoms with van der Waals surface area (Å²) in [6.07, 6.45) is 0. The van der Waals surface area contributed by atoms with Crippen molar-refractivity contribution in [3.63, 3.8) is 0 Å². The Morgan fingerprint density at radius 1 is 1.29 bits per heavy atom. The summed E-state index contributed by atoms with van der Waals surface area (Å²) in [6, 6.07) is 5.36. The van der Waals surface area contributed by atoms with Crippen molar-refractivity contribution in [2.45, 2.75) is 4.90 Å². The Hall–Kier alpha value is -2.02. The van der Waals surface area contributed by atoms with Gasteiger partial charge >= 0.3 is 12.0 Å². The molecule has 7 heteroatoms. The lowest BCUT2D eigenvalue weighted by atomic mass is 10.2. The zero-order chi connectivity index (χ0) is 12.8. The Morgan fingerprint density at radius 2 is 1.94 bits per heavy atom. The molecule has 0 saturated heterocycles. The predicted molar refractivity (Wildman–Crippen MR) is 61.9 cm³/mol. The Bertz CT molecular complexity index is 461. The van der Waals surface area contributed by atoms with Gasteiger partial charge in [-0.15, -0.1) is 11.8 Å². The topological polar surface area (TPSA) is 109 Å². The smallest absolute Gasteiger partial charge is 0.336 e. The maximum absolute atomic E-state index is 11.1. The molecule has 0 spiro atoms. The van der Waals surface area contributed by atoms with Gasteiger partial charge in [0.05, 0.1) is 11.3 Å². The van der Waals surface area contributed by atoms with Crippen LogP contribution < -0.4 is 11.1 Å². The number of carboxylic acid groups (broad SMARTS) is 1. The fraction of sp³-hybridized carbons (Fsp3) is 0.100. The van der Waals surface area contributed by atoms with Gasteiger partial charge in [-0.2, -0.15) is 0 Å². The van der Waals surface area contributed by atoms with Gasteiger partial charge in [-0.3, -0.25) is 10.1 Å². The molecule has 0 aliphatic carbocycles. The van der Waals surface area contributed by atoms with Crippen molar-refractivity contribution in [1.82, 2.24) is 5.32 Å². The lowest BCUT2D eigenvalue weighted by molar-refractivity contribution is -0.117. The average molecular weight is 254 g/mol. The van der Waals surface area contributed by atoms with Gasteiger partial charge < -0.3 is 10.8 Å². The average Bonchev–Trinajstić information content (AvgIpc) is 2.25. The predicted octanol–water partition coefficient (Wildman–Crippen LogP) is 0.672. The maximum Gasteiger partial charge on any atom is 0.336 e. The summed E-state index contributed by atoms with van der Waals surface area (Å²) in [4.78, 5) is 32.8. The van der Waals surface area contributed by atoms with Crippen molar-refractivity contribution >= 4 is 29.7 Å². The lowest BCUT2D eigenvalue weighted by Crippen LogP contribution is -2.36. The van der Waals surface area contributed by atoms with Crippen molar-refractivity contribution in [1.29, 1.82) is 0 Å².